The Kier molecular flexibility index (Phi) is 13.8. The van der Waals surface area contributed by atoms with E-state index in [1.54, 1.807) is 24.8 Å². The van der Waals surface area contributed by atoms with Gasteiger partial charge in [-0.3, -0.25) is 9.97 Å². The van der Waals surface area contributed by atoms with Gasteiger partial charge in [0.25, 0.3) is 0 Å². The van der Waals surface area contributed by atoms with Gasteiger partial charge in [-0.05, 0) is 46.5 Å². The lowest BCUT2D eigenvalue weighted by Gasteiger charge is -2.07. The Bertz CT molecular complexity index is 1120. The third-order valence-electron chi connectivity index (χ3n) is 6.29. The fourth-order valence-corrected chi connectivity index (χ4v) is 4.01. The fourth-order valence-electron chi connectivity index (χ4n) is 4.01. The number of ether oxygens (including phenoxy) is 5. The van der Waals surface area contributed by atoms with E-state index in [9.17, 15) is 0 Å². The Labute approximate surface area is 242 Å². The van der Waals surface area contributed by atoms with Gasteiger partial charge in [-0.25, -0.2) is 9.13 Å². The molecule has 0 radical (unpaired) electrons. The molecule has 0 amide bonds. The van der Waals surface area contributed by atoms with Gasteiger partial charge in [0, 0.05) is 49.1 Å². The summed E-state index contributed by atoms with van der Waals surface area (Å²) in [6, 6.07) is 16.4. The SMILES string of the molecule is c1cc(-c2cc[n+](CCOCCOCCOCCOCCOCC[n+]3ccc(-c4ccncc4)cc3)cc2)ccn1. The van der Waals surface area contributed by atoms with E-state index >= 15 is 0 Å². The van der Waals surface area contributed by atoms with Crippen LogP contribution in [0.15, 0.2) is 98.1 Å². The van der Waals surface area contributed by atoms with Gasteiger partial charge in [0.05, 0.1) is 52.9 Å². The van der Waals surface area contributed by atoms with Gasteiger partial charge >= 0.3 is 0 Å². The molecule has 0 fully saturated rings. The van der Waals surface area contributed by atoms with E-state index in [-0.39, 0.29) is 0 Å². The molecule has 0 unspecified atom stereocenters. The third kappa shape index (κ3) is 11.8. The molecule has 9 heteroatoms. The first-order valence-corrected chi connectivity index (χ1v) is 14.1. The molecule has 0 saturated heterocycles. The van der Waals surface area contributed by atoms with Crippen LogP contribution in [0.5, 0.6) is 0 Å². The van der Waals surface area contributed by atoms with Crippen molar-refractivity contribution < 1.29 is 32.8 Å². The minimum absolute atomic E-state index is 0.538. The highest BCUT2D eigenvalue weighted by atomic mass is 16.6. The van der Waals surface area contributed by atoms with Crippen molar-refractivity contribution in [2.45, 2.75) is 13.1 Å². The molecule has 0 aliphatic heterocycles. The summed E-state index contributed by atoms with van der Waals surface area (Å²) in [6.07, 6.45) is 15.5. The van der Waals surface area contributed by atoms with Gasteiger partial charge in [-0.15, -0.1) is 0 Å². The van der Waals surface area contributed by atoms with Crippen molar-refractivity contribution in [3.8, 4) is 22.3 Å². The Hall–Kier alpha value is -3.60. The summed E-state index contributed by atoms with van der Waals surface area (Å²) in [5.74, 6) is 0. The molecule has 4 heterocycles. The third-order valence-corrected chi connectivity index (χ3v) is 6.29. The maximum Gasteiger partial charge on any atom is 0.171 e. The van der Waals surface area contributed by atoms with Crippen LogP contribution in [-0.2, 0) is 36.8 Å². The van der Waals surface area contributed by atoms with Crippen LogP contribution < -0.4 is 9.13 Å². The summed E-state index contributed by atoms with van der Waals surface area (Å²) in [5, 5.41) is 0. The highest BCUT2D eigenvalue weighted by Gasteiger charge is 2.04. The predicted octanol–water partition coefficient (Wildman–Crippen LogP) is 3.17. The lowest BCUT2D eigenvalue weighted by atomic mass is 10.1. The number of rotatable bonds is 20. The number of hydrogen-bond donors (Lipinski definition) is 0. The van der Waals surface area contributed by atoms with Gasteiger partial charge < -0.3 is 23.7 Å². The van der Waals surface area contributed by atoms with Crippen molar-refractivity contribution in [2.24, 2.45) is 0 Å². The zero-order chi connectivity index (χ0) is 28.2. The van der Waals surface area contributed by atoms with Gasteiger partial charge in [0.2, 0.25) is 0 Å². The number of aromatic nitrogens is 4. The minimum atomic E-state index is 0.538. The highest BCUT2D eigenvalue weighted by molar-refractivity contribution is 5.62. The zero-order valence-corrected chi connectivity index (χ0v) is 23.6. The quantitative estimate of drug-likeness (QED) is 0.121. The molecule has 4 aromatic rings. The minimum Gasteiger partial charge on any atom is -0.377 e. The van der Waals surface area contributed by atoms with E-state index in [2.05, 4.69) is 68.2 Å². The lowest BCUT2D eigenvalue weighted by Crippen LogP contribution is -2.35. The topological polar surface area (TPSA) is 79.7 Å². The van der Waals surface area contributed by atoms with Crippen LogP contribution in [0.2, 0.25) is 0 Å². The van der Waals surface area contributed by atoms with Gasteiger partial charge in [0.15, 0.2) is 37.9 Å². The van der Waals surface area contributed by atoms with Crippen molar-refractivity contribution in [1.29, 1.82) is 0 Å². The van der Waals surface area contributed by atoms with Crippen LogP contribution in [-0.4, -0.2) is 76.0 Å². The molecule has 0 bridgehead atoms. The summed E-state index contributed by atoms with van der Waals surface area (Å²) in [7, 11) is 0. The van der Waals surface area contributed by atoms with Crippen molar-refractivity contribution in [3.63, 3.8) is 0 Å². The smallest absolute Gasteiger partial charge is 0.171 e. The van der Waals surface area contributed by atoms with Crippen LogP contribution in [0.1, 0.15) is 0 Å². The Morgan fingerprint density at radius 3 is 0.951 bits per heavy atom. The van der Waals surface area contributed by atoms with Crippen LogP contribution >= 0.6 is 0 Å². The molecular weight excluding hydrogens is 520 g/mol. The first-order valence-electron chi connectivity index (χ1n) is 14.1. The predicted molar refractivity (Wildman–Crippen MR) is 154 cm³/mol. The molecule has 0 aromatic carbocycles. The average Bonchev–Trinajstić information content (AvgIpc) is 3.04. The number of nitrogens with zero attached hydrogens (tertiary/aromatic N) is 4. The standard InChI is InChI=1S/C32H40N4O5/c1-9-33-10-2-29(1)31-5-13-35(14-6-31)17-19-37-21-23-39-25-27-41-28-26-40-24-22-38-20-18-36-15-7-32(8-16-36)30-3-11-34-12-4-30/h1-16H,17-28H2/q+2. The van der Waals surface area contributed by atoms with Crippen LogP contribution in [0.4, 0.5) is 0 Å². The highest BCUT2D eigenvalue weighted by Crippen LogP contribution is 2.16. The second-order valence-corrected chi connectivity index (χ2v) is 9.18. The second-order valence-electron chi connectivity index (χ2n) is 9.18. The molecule has 0 aliphatic carbocycles. The molecule has 41 heavy (non-hydrogen) atoms. The summed E-state index contributed by atoms with van der Waals surface area (Å²) < 4.78 is 32.2. The molecule has 0 saturated carbocycles. The molecule has 0 spiro atoms. The van der Waals surface area contributed by atoms with E-state index in [0.29, 0.717) is 66.1 Å². The summed E-state index contributed by atoms with van der Waals surface area (Å²) in [5.41, 5.74) is 4.67. The molecule has 0 aliphatic rings. The normalized spacial score (nSPS) is 11.1. The van der Waals surface area contributed by atoms with E-state index in [4.69, 9.17) is 23.7 Å². The molecule has 4 aromatic heterocycles. The van der Waals surface area contributed by atoms with Crippen LogP contribution in [0, 0.1) is 0 Å². The van der Waals surface area contributed by atoms with E-state index in [1.807, 2.05) is 24.3 Å². The average molecular weight is 561 g/mol. The second kappa shape index (κ2) is 18.7. The van der Waals surface area contributed by atoms with Crippen molar-refractivity contribution >= 4 is 0 Å². The monoisotopic (exact) mass is 560 g/mol. The summed E-state index contributed by atoms with van der Waals surface area (Å²) in [4.78, 5) is 8.12. The van der Waals surface area contributed by atoms with E-state index in [0.717, 1.165) is 24.2 Å². The largest absolute Gasteiger partial charge is 0.377 e. The van der Waals surface area contributed by atoms with Crippen molar-refractivity contribution in [3.05, 3.63) is 98.1 Å². The van der Waals surface area contributed by atoms with Crippen LogP contribution in [0.3, 0.4) is 0 Å². The summed E-state index contributed by atoms with van der Waals surface area (Å²) >= 11 is 0. The maximum absolute atomic E-state index is 5.67. The van der Waals surface area contributed by atoms with Crippen LogP contribution in [0.25, 0.3) is 22.3 Å². The Balaban J connectivity index is 0.890. The molecule has 0 N–H and O–H groups in total. The number of hydrogen-bond acceptors (Lipinski definition) is 7. The molecule has 216 valence electrons. The molecular formula is C32H40N4O5+2. The molecule has 4 rings (SSSR count). The maximum atomic E-state index is 5.67. The Morgan fingerprint density at radius 2 is 0.634 bits per heavy atom. The van der Waals surface area contributed by atoms with E-state index < -0.39 is 0 Å². The van der Waals surface area contributed by atoms with Crippen molar-refractivity contribution in [1.82, 2.24) is 9.97 Å². The Morgan fingerprint density at radius 1 is 0.366 bits per heavy atom. The van der Waals surface area contributed by atoms with Crippen molar-refractivity contribution in [2.75, 3.05) is 66.1 Å². The first-order chi connectivity index (χ1) is 20.4. The summed E-state index contributed by atoms with van der Waals surface area (Å²) in [6.45, 7) is 7.26. The van der Waals surface area contributed by atoms with Gasteiger partial charge in [-0.1, -0.05) is 0 Å². The first kappa shape index (κ1) is 30.4. The van der Waals surface area contributed by atoms with Gasteiger partial charge in [0.1, 0.15) is 13.2 Å². The van der Waals surface area contributed by atoms with E-state index in [1.165, 1.54) is 11.1 Å². The molecule has 9 nitrogen and oxygen atoms in total. The molecule has 0 atom stereocenters. The fraction of sp³-hybridized carbons (Fsp3) is 0.375. The zero-order valence-electron chi connectivity index (χ0n) is 23.6. The lowest BCUT2D eigenvalue weighted by molar-refractivity contribution is -0.698. The van der Waals surface area contributed by atoms with Gasteiger partial charge in [-0.2, -0.15) is 0 Å². The number of pyridine rings is 4.